The number of nitrogens with zero attached hydrogens (tertiary/aromatic N) is 5. The minimum atomic E-state index is -0.761. The quantitative estimate of drug-likeness (QED) is 0.501. The maximum absolute atomic E-state index is 13.1. The maximum atomic E-state index is 13.1. The van der Waals surface area contributed by atoms with Gasteiger partial charge in [0.05, 0.1) is 23.9 Å². The molecule has 3 aromatic rings. The highest BCUT2D eigenvalue weighted by molar-refractivity contribution is 6.21. The number of amides is 2. The Morgan fingerprint density at radius 2 is 1.72 bits per heavy atom. The molecule has 0 spiro atoms. The van der Waals surface area contributed by atoms with Crippen LogP contribution in [-0.2, 0) is 13.6 Å². The number of benzene rings is 1. The van der Waals surface area contributed by atoms with Gasteiger partial charge in [0, 0.05) is 7.05 Å². The van der Waals surface area contributed by atoms with Crippen LogP contribution in [0.5, 0.6) is 0 Å². The lowest BCUT2D eigenvalue weighted by molar-refractivity contribution is 0.0524. The Morgan fingerprint density at radius 1 is 1.10 bits per heavy atom. The molecule has 1 aromatic carbocycles. The Morgan fingerprint density at radius 3 is 2.28 bits per heavy atom. The molecule has 0 aliphatic carbocycles. The fraction of sp³-hybridized carbons (Fsp3) is 0.286. The summed E-state index contributed by atoms with van der Waals surface area (Å²) in [5.41, 5.74) is 0.713. The predicted molar refractivity (Wildman–Crippen MR) is 106 cm³/mol. The molecule has 1 aliphatic rings. The van der Waals surface area contributed by atoms with Gasteiger partial charge in [0.25, 0.3) is 17.4 Å². The van der Waals surface area contributed by atoms with Gasteiger partial charge in [0.1, 0.15) is 17.3 Å². The highest BCUT2D eigenvalue weighted by Gasteiger charge is 2.43. The lowest BCUT2D eigenvalue weighted by Crippen LogP contribution is -2.41. The summed E-state index contributed by atoms with van der Waals surface area (Å²) in [5, 5.41) is 4.43. The van der Waals surface area contributed by atoms with Crippen LogP contribution in [-0.4, -0.2) is 36.0 Å². The summed E-state index contributed by atoms with van der Waals surface area (Å²) in [6.07, 6.45) is 6.93. The number of aryl methyl sites for hydroxylation is 1. The minimum Gasteiger partial charge on any atom is -0.282 e. The van der Waals surface area contributed by atoms with Gasteiger partial charge in [-0.05, 0) is 18.1 Å². The van der Waals surface area contributed by atoms with Crippen LogP contribution in [0.25, 0.3) is 11.0 Å². The molecule has 1 unspecified atom stereocenters. The van der Waals surface area contributed by atoms with Crippen LogP contribution >= 0.6 is 0 Å². The third kappa shape index (κ3) is 2.66. The van der Waals surface area contributed by atoms with Crippen molar-refractivity contribution in [3.05, 3.63) is 57.8 Å². The summed E-state index contributed by atoms with van der Waals surface area (Å²) in [5.74, 6) is 1.72. The molecule has 29 heavy (non-hydrogen) atoms. The van der Waals surface area contributed by atoms with Crippen molar-refractivity contribution in [2.75, 3.05) is 0 Å². The average Bonchev–Trinajstić information content (AvgIpc) is 3.18. The number of carbonyl (C=O) groups excluding carboxylic acids is 2. The zero-order chi connectivity index (χ0) is 20.9. The first-order chi connectivity index (χ1) is 13.9. The Kier molecular flexibility index (Phi) is 4.31. The second kappa shape index (κ2) is 6.71. The smallest absolute Gasteiger partial charge is 0.265 e. The van der Waals surface area contributed by atoms with E-state index in [1.54, 1.807) is 31.3 Å². The first-order valence-electron chi connectivity index (χ1n) is 9.19. The van der Waals surface area contributed by atoms with Gasteiger partial charge in [0.2, 0.25) is 0 Å². The highest BCUT2D eigenvalue weighted by atomic mass is 16.2. The molecule has 8 nitrogen and oxygen atoms in total. The number of imide groups is 1. The van der Waals surface area contributed by atoms with E-state index in [1.807, 2.05) is 13.8 Å². The van der Waals surface area contributed by atoms with Crippen LogP contribution in [0, 0.1) is 18.3 Å². The van der Waals surface area contributed by atoms with E-state index in [4.69, 9.17) is 6.42 Å². The van der Waals surface area contributed by atoms with E-state index in [9.17, 15) is 14.4 Å². The van der Waals surface area contributed by atoms with Crippen molar-refractivity contribution in [3.63, 3.8) is 0 Å². The summed E-state index contributed by atoms with van der Waals surface area (Å²) < 4.78 is 2.83. The Balaban J connectivity index is 1.97. The van der Waals surface area contributed by atoms with Gasteiger partial charge in [-0.15, -0.1) is 6.42 Å². The molecule has 3 heterocycles. The maximum Gasteiger partial charge on any atom is 0.265 e. The molecule has 146 valence electrons. The molecule has 8 heteroatoms. The van der Waals surface area contributed by atoms with E-state index in [0.29, 0.717) is 22.2 Å². The second-order valence-electron chi connectivity index (χ2n) is 7.29. The van der Waals surface area contributed by atoms with Gasteiger partial charge in [-0.1, -0.05) is 31.9 Å². The molecular formula is C21H19N5O3. The lowest BCUT2D eigenvalue weighted by atomic mass is 10.0. The lowest BCUT2D eigenvalue weighted by Gasteiger charge is -2.30. The zero-order valence-electron chi connectivity index (χ0n) is 16.3. The molecule has 2 aromatic heterocycles. The van der Waals surface area contributed by atoms with E-state index in [-0.39, 0.29) is 23.8 Å². The molecule has 0 radical (unpaired) electrons. The Bertz CT molecular complexity index is 1230. The van der Waals surface area contributed by atoms with E-state index < -0.39 is 17.9 Å². The van der Waals surface area contributed by atoms with Gasteiger partial charge in [0.15, 0.2) is 5.65 Å². The normalized spacial score (nSPS) is 14.5. The molecular weight excluding hydrogens is 370 g/mol. The fourth-order valence-corrected chi connectivity index (χ4v) is 3.77. The van der Waals surface area contributed by atoms with Crippen LogP contribution in [0.15, 0.2) is 35.3 Å². The predicted octanol–water partition coefficient (Wildman–Crippen LogP) is 1.76. The van der Waals surface area contributed by atoms with E-state index >= 15 is 0 Å². The second-order valence-corrected chi connectivity index (χ2v) is 7.29. The Labute approximate surface area is 166 Å². The molecule has 0 bridgehead atoms. The van der Waals surface area contributed by atoms with E-state index in [1.165, 1.54) is 20.3 Å². The molecule has 2 amide bonds. The molecule has 0 saturated carbocycles. The molecule has 0 saturated heterocycles. The largest absolute Gasteiger partial charge is 0.282 e. The summed E-state index contributed by atoms with van der Waals surface area (Å²) in [6, 6.07) is 5.92. The first kappa shape index (κ1) is 18.6. The highest BCUT2D eigenvalue weighted by Crippen LogP contribution is 2.35. The number of fused-ring (bicyclic) bond motifs is 2. The first-order valence-corrected chi connectivity index (χ1v) is 9.19. The SMILES string of the molecule is C#CCn1c(C(C(C)C)N2C(=O)c3ccccc3C2=O)nc2c(cnn2C)c1=O. The zero-order valence-corrected chi connectivity index (χ0v) is 16.3. The average molecular weight is 389 g/mol. The third-order valence-electron chi connectivity index (χ3n) is 5.13. The molecule has 1 atom stereocenters. The minimum absolute atomic E-state index is 0.0294. The van der Waals surface area contributed by atoms with Gasteiger partial charge in [-0.3, -0.25) is 28.5 Å². The van der Waals surface area contributed by atoms with E-state index in [2.05, 4.69) is 16.0 Å². The summed E-state index contributed by atoms with van der Waals surface area (Å²) in [7, 11) is 1.68. The molecule has 1 aliphatic heterocycles. The standard InChI is InChI=1S/C21H19N5O3/c1-5-10-25-18(23-17-15(19(25)27)11-22-24(17)4)16(12(2)3)26-20(28)13-8-6-7-9-14(13)21(26)29/h1,6-9,11-12,16H,10H2,2-4H3. The van der Waals surface area contributed by atoms with Crippen molar-refractivity contribution in [2.24, 2.45) is 13.0 Å². The summed E-state index contributed by atoms with van der Waals surface area (Å²) in [4.78, 5) is 45.1. The fourth-order valence-electron chi connectivity index (χ4n) is 3.77. The molecule has 0 N–H and O–H groups in total. The van der Waals surface area contributed by atoms with Crippen LogP contribution in [0.4, 0.5) is 0 Å². The van der Waals surface area contributed by atoms with E-state index in [0.717, 1.165) is 0 Å². The number of hydrogen-bond donors (Lipinski definition) is 0. The van der Waals surface area contributed by atoms with Gasteiger partial charge >= 0.3 is 0 Å². The van der Waals surface area contributed by atoms with Crippen molar-refractivity contribution in [1.82, 2.24) is 24.2 Å². The van der Waals surface area contributed by atoms with Crippen LogP contribution < -0.4 is 5.56 Å². The van der Waals surface area contributed by atoms with Crippen molar-refractivity contribution in [2.45, 2.75) is 26.4 Å². The van der Waals surface area contributed by atoms with Gasteiger partial charge < -0.3 is 0 Å². The number of terminal acetylenes is 1. The summed E-state index contributed by atoms with van der Waals surface area (Å²) in [6.45, 7) is 3.71. The van der Waals surface area contributed by atoms with Crippen LogP contribution in [0.1, 0.15) is 46.4 Å². The van der Waals surface area contributed by atoms with Crippen molar-refractivity contribution in [1.29, 1.82) is 0 Å². The Hall–Kier alpha value is -3.73. The topological polar surface area (TPSA) is 90.1 Å². The van der Waals surface area contributed by atoms with Crippen molar-refractivity contribution < 1.29 is 9.59 Å². The van der Waals surface area contributed by atoms with Crippen molar-refractivity contribution in [3.8, 4) is 12.3 Å². The number of aromatic nitrogens is 4. The number of rotatable bonds is 4. The summed E-state index contributed by atoms with van der Waals surface area (Å²) >= 11 is 0. The van der Waals surface area contributed by atoms with Crippen LogP contribution in [0.3, 0.4) is 0 Å². The van der Waals surface area contributed by atoms with Crippen molar-refractivity contribution >= 4 is 22.8 Å². The monoisotopic (exact) mass is 389 g/mol. The third-order valence-corrected chi connectivity index (χ3v) is 5.13. The van der Waals surface area contributed by atoms with Gasteiger partial charge in [-0.25, -0.2) is 4.98 Å². The molecule has 0 fully saturated rings. The van der Waals surface area contributed by atoms with Crippen LogP contribution in [0.2, 0.25) is 0 Å². The number of carbonyl (C=O) groups is 2. The number of hydrogen-bond acceptors (Lipinski definition) is 5. The molecule has 4 rings (SSSR count). The van der Waals surface area contributed by atoms with Gasteiger partial charge in [-0.2, -0.15) is 5.10 Å².